The van der Waals surface area contributed by atoms with Gasteiger partial charge in [0.25, 0.3) is 0 Å². The van der Waals surface area contributed by atoms with Crippen molar-refractivity contribution in [1.82, 2.24) is 5.32 Å². The zero-order valence-corrected chi connectivity index (χ0v) is 12.3. The number of carbonyl (C=O) groups excluding carboxylic acids is 1. The summed E-state index contributed by atoms with van der Waals surface area (Å²) in [6, 6.07) is 8.30. The fourth-order valence-electron chi connectivity index (χ4n) is 2.09. The van der Waals surface area contributed by atoms with Crippen LogP contribution in [0.4, 0.5) is 0 Å². The second-order valence-corrected chi connectivity index (χ2v) is 5.76. The van der Waals surface area contributed by atoms with E-state index in [2.05, 4.69) is 31.3 Å². The maximum atomic E-state index is 11.3. The molecule has 1 unspecified atom stereocenters. The van der Waals surface area contributed by atoms with E-state index in [-0.39, 0.29) is 11.9 Å². The number of primary amides is 1. The third-order valence-electron chi connectivity index (χ3n) is 3.58. The number of carbonyl (C=O) groups is 1. The molecule has 110 valence electrons. The molecule has 3 N–H and O–H groups in total. The Morgan fingerprint density at radius 2 is 2.00 bits per heavy atom. The van der Waals surface area contributed by atoms with Crippen LogP contribution < -0.4 is 15.8 Å². The molecule has 20 heavy (non-hydrogen) atoms. The second-order valence-electron chi connectivity index (χ2n) is 5.76. The van der Waals surface area contributed by atoms with Crippen LogP contribution in [0, 0.1) is 0 Å². The fraction of sp³-hybridized carbons (Fsp3) is 0.562. The van der Waals surface area contributed by atoms with E-state index in [1.807, 2.05) is 12.1 Å². The van der Waals surface area contributed by atoms with Crippen molar-refractivity contribution in [1.29, 1.82) is 0 Å². The highest BCUT2D eigenvalue weighted by Crippen LogP contribution is 2.21. The van der Waals surface area contributed by atoms with Gasteiger partial charge < -0.3 is 15.8 Å². The normalized spacial score (nSPS) is 16.1. The Morgan fingerprint density at radius 1 is 1.35 bits per heavy atom. The summed E-state index contributed by atoms with van der Waals surface area (Å²) < 4.78 is 5.68. The van der Waals surface area contributed by atoms with Crippen molar-refractivity contribution in [3.8, 4) is 5.75 Å². The van der Waals surface area contributed by atoms with Gasteiger partial charge in [-0.2, -0.15) is 0 Å². The molecule has 1 aliphatic carbocycles. The van der Waals surface area contributed by atoms with Gasteiger partial charge in [0.05, 0.1) is 12.6 Å². The van der Waals surface area contributed by atoms with Gasteiger partial charge in [-0.05, 0) is 36.5 Å². The average molecular weight is 276 g/mol. The first-order valence-corrected chi connectivity index (χ1v) is 7.34. The van der Waals surface area contributed by atoms with Gasteiger partial charge in [-0.3, -0.25) is 4.79 Å². The van der Waals surface area contributed by atoms with E-state index < -0.39 is 0 Å². The molecule has 0 spiro atoms. The van der Waals surface area contributed by atoms with Gasteiger partial charge in [0.2, 0.25) is 5.91 Å². The van der Waals surface area contributed by atoms with Gasteiger partial charge in [0.15, 0.2) is 0 Å². The minimum Gasteiger partial charge on any atom is -0.494 e. The molecule has 1 aromatic rings. The first-order valence-electron chi connectivity index (χ1n) is 7.34. The Morgan fingerprint density at radius 3 is 2.50 bits per heavy atom. The SMILES string of the molecule is CC(C)c1ccc(OCCC(NC2CC2)C(N)=O)cc1. The van der Waals surface area contributed by atoms with Crippen molar-refractivity contribution >= 4 is 5.91 Å². The summed E-state index contributed by atoms with van der Waals surface area (Å²) in [5, 5.41) is 3.25. The molecule has 0 heterocycles. The highest BCUT2D eigenvalue weighted by atomic mass is 16.5. The molecule has 4 heteroatoms. The summed E-state index contributed by atoms with van der Waals surface area (Å²) in [7, 11) is 0. The van der Waals surface area contributed by atoms with Gasteiger partial charge in [-0.1, -0.05) is 26.0 Å². The number of amides is 1. The lowest BCUT2D eigenvalue weighted by atomic mass is 10.0. The van der Waals surface area contributed by atoms with E-state index in [1.165, 1.54) is 5.56 Å². The quantitative estimate of drug-likeness (QED) is 0.765. The van der Waals surface area contributed by atoms with Gasteiger partial charge in [-0.25, -0.2) is 0 Å². The standard InChI is InChI=1S/C16H24N2O2/c1-11(2)12-3-7-14(8-4-12)20-10-9-15(16(17)19)18-13-5-6-13/h3-4,7-8,11,13,15,18H,5-6,9-10H2,1-2H3,(H2,17,19). The molecular formula is C16H24N2O2. The molecule has 4 nitrogen and oxygen atoms in total. The molecule has 0 aromatic heterocycles. The van der Waals surface area contributed by atoms with Crippen molar-refractivity contribution in [3.05, 3.63) is 29.8 Å². The Hall–Kier alpha value is -1.55. The van der Waals surface area contributed by atoms with Gasteiger partial charge in [0, 0.05) is 12.5 Å². The molecule has 0 bridgehead atoms. The minimum absolute atomic E-state index is 0.280. The third kappa shape index (κ3) is 4.53. The number of rotatable bonds is 8. The molecule has 1 fully saturated rings. The molecule has 1 aliphatic rings. The number of ether oxygens (including phenoxy) is 1. The molecule has 0 aliphatic heterocycles. The smallest absolute Gasteiger partial charge is 0.234 e. The Balaban J connectivity index is 1.77. The summed E-state index contributed by atoms with van der Waals surface area (Å²) in [5.41, 5.74) is 6.68. The van der Waals surface area contributed by atoms with Gasteiger partial charge in [0.1, 0.15) is 5.75 Å². The Kier molecular flexibility index (Phi) is 5.01. The van der Waals surface area contributed by atoms with Crippen LogP contribution in [-0.2, 0) is 4.79 Å². The summed E-state index contributed by atoms with van der Waals surface area (Å²) in [6.07, 6.45) is 2.89. The lowest BCUT2D eigenvalue weighted by Gasteiger charge is -2.15. The maximum absolute atomic E-state index is 11.3. The fourth-order valence-corrected chi connectivity index (χ4v) is 2.09. The van der Waals surface area contributed by atoms with Crippen molar-refractivity contribution < 1.29 is 9.53 Å². The van der Waals surface area contributed by atoms with E-state index >= 15 is 0 Å². The molecule has 0 saturated heterocycles. The highest BCUT2D eigenvalue weighted by molar-refractivity contribution is 5.79. The lowest BCUT2D eigenvalue weighted by Crippen LogP contribution is -2.43. The monoisotopic (exact) mass is 276 g/mol. The van der Waals surface area contributed by atoms with Crippen LogP contribution in [-0.4, -0.2) is 24.6 Å². The molecule has 1 amide bonds. The largest absolute Gasteiger partial charge is 0.494 e. The van der Waals surface area contributed by atoms with E-state index in [0.717, 1.165) is 18.6 Å². The zero-order chi connectivity index (χ0) is 14.5. The third-order valence-corrected chi connectivity index (χ3v) is 3.58. The van der Waals surface area contributed by atoms with Crippen LogP contribution in [0.15, 0.2) is 24.3 Å². The van der Waals surface area contributed by atoms with Crippen molar-refractivity contribution in [2.45, 2.75) is 51.1 Å². The number of benzene rings is 1. The van der Waals surface area contributed by atoms with Crippen LogP contribution >= 0.6 is 0 Å². The van der Waals surface area contributed by atoms with E-state index in [9.17, 15) is 4.79 Å². The molecule has 1 atom stereocenters. The topological polar surface area (TPSA) is 64.3 Å². The Bertz CT molecular complexity index is 438. The van der Waals surface area contributed by atoms with Crippen LogP contribution in [0.2, 0.25) is 0 Å². The summed E-state index contributed by atoms with van der Waals surface area (Å²) in [6.45, 7) is 4.82. The van der Waals surface area contributed by atoms with E-state index in [1.54, 1.807) is 0 Å². The summed E-state index contributed by atoms with van der Waals surface area (Å²) >= 11 is 0. The molecule has 1 aromatic carbocycles. The number of nitrogens with one attached hydrogen (secondary N) is 1. The summed E-state index contributed by atoms with van der Waals surface area (Å²) in [5.74, 6) is 1.06. The minimum atomic E-state index is -0.296. The van der Waals surface area contributed by atoms with E-state index in [4.69, 9.17) is 10.5 Å². The van der Waals surface area contributed by atoms with Crippen molar-refractivity contribution in [2.24, 2.45) is 5.73 Å². The maximum Gasteiger partial charge on any atom is 0.234 e. The predicted octanol–water partition coefficient (Wildman–Crippen LogP) is 2.18. The van der Waals surface area contributed by atoms with Gasteiger partial charge in [-0.15, -0.1) is 0 Å². The Labute approximate surface area is 120 Å². The van der Waals surface area contributed by atoms with Gasteiger partial charge >= 0.3 is 0 Å². The number of nitrogens with two attached hydrogens (primary N) is 1. The van der Waals surface area contributed by atoms with Crippen LogP contribution in [0.3, 0.4) is 0 Å². The molecule has 0 radical (unpaired) electrons. The van der Waals surface area contributed by atoms with Crippen LogP contribution in [0.5, 0.6) is 5.75 Å². The first kappa shape index (κ1) is 14.9. The van der Waals surface area contributed by atoms with Crippen LogP contribution in [0.1, 0.15) is 44.6 Å². The van der Waals surface area contributed by atoms with Crippen LogP contribution in [0.25, 0.3) is 0 Å². The number of hydrogen-bond acceptors (Lipinski definition) is 3. The zero-order valence-electron chi connectivity index (χ0n) is 12.3. The van der Waals surface area contributed by atoms with Crippen molar-refractivity contribution in [2.75, 3.05) is 6.61 Å². The summed E-state index contributed by atoms with van der Waals surface area (Å²) in [4.78, 5) is 11.3. The predicted molar refractivity (Wildman–Crippen MR) is 79.8 cm³/mol. The molecule has 1 saturated carbocycles. The second kappa shape index (κ2) is 6.75. The lowest BCUT2D eigenvalue weighted by molar-refractivity contribution is -0.120. The molecular weight excluding hydrogens is 252 g/mol. The highest BCUT2D eigenvalue weighted by Gasteiger charge is 2.26. The van der Waals surface area contributed by atoms with Crippen molar-refractivity contribution in [3.63, 3.8) is 0 Å². The molecule has 2 rings (SSSR count). The number of hydrogen-bond donors (Lipinski definition) is 2. The average Bonchev–Trinajstić information content (AvgIpc) is 3.22. The first-order chi connectivity index (χ1) is 9.56. The van der Waals surface area contributed by atoms with E-state index in [0.29, 0.717) is 25.0 Å².